The van der Waals surface area contributed by atoms with Crippen LogP contribution in [0.1, 0.15) is 10.6 Å². The van der Waals surface area contributed by atoms with Gasteiger partial charge in [0.25, 0.3) is 0 Å². The molecule has 11 heteroatoms. The molecular formula is C15H13F3N6OS. The van der Waals surface area contributed by atoms with E-state index in [1.165, 1.54) is 0 Å². The zero-order valence-electron chi connectivity index (χ0n) is 13.2. The van der Waals surface area contributed by atoms with Crippen molar-refractivity contribution < 1.29 is 18.0 Å². The first-order chi connectivity index (χ1) is 12.4. The molecule has 1 aromatic carbocycles. The van der Waals surface area contributed by atoms with Gasteiger partial charge in [-0.2, -0.15) is 18.3 Å². The normalized spacial score (nSPS) is 11.3. The quantitative estimate of drug-likeness (QED) is 0.710. The molecule has 2 amide bonds. The molecule has 2 aromatic heterocycles. The van der Waals surface area contributed by atoms with Crippen molar-refractivity contribution in [1.82, 2.24) is 25.3 Å². The van der Waals surface area contributed by atoms with E-state index in [9.17, 15) is 18.0 Å². The van der Waals surface area contributed by atoms with Crippen molar-refractivity contribution >= 4 is 22.5 Å². The Hall–Kier alpha value is -2.95. The fraction of sp³-hybridized carbons (Fsp3) is 0.200. The van der Waals surface area contributed by atoms with Crippen molar-refractivity contribution in [2.75, 3.05) is 11.9 Å². The molecule has 0 bridgehead atoms. The summed E-state index contributed by atoms with van der Waals surface area (Å²) in [5.74, 6) is 0. The summed E-state index contributed by atoms with van der Waals surface area (Å²) in [5, 5.41) is 13.9. The summed E-state index contributed by atoms with van der Waals surface area (Å²) < 4.78 is 39.0. The molecule has 136 valence electrons. The van der Waals surface area contributed by atoms with Gasteiger partial charge < -0.3 is 5.32 Å². The number of urea groups is 1. The second-order valence-corrected chi connectivity index (χ2v) is 6.14. The summed E-state index contributed by atoms with van der Waals surface area (Å²) >= 11 is 0.271. The lowest BCUT2D eigenvalue weighted by Crippen LogP contribution is -2.30. The summed E-state index contributed by atoms with van der Waals surface area (Å²) in [5.41, 5.74) is 1.91. The maximum atomic E-state index is 12.4. The monoisotopic (exact) mass is 382 g/mol. The average Bonchev–Trinajstić information content (AvgIpc) is 3.26. The number of carbonyl (C=O) groups is 1. The van der Waals surface area contributed by atoms with Crippen molar-refractivity contribution in [1.29, 1.82) is 0 Å². The Morgan fingerprint density at radius 3 is 2.58 bits per heavy atom. The largest absolute Gasteiger partial charge is 0.445 e. The van der Waals surface area contributed by atoms with E-state index in [1.54, 1.807) is 10.9 Å². The number of amides is 2. The van der Waals surface area contributed by atoms with E-state index in [0.717, 1.165) is 11.3 Å². The minimum atomic E-state index is -4.57. The van der Waals surface area contributed by atoms with Gasteiger partial charge in [-0.25, -0.2) is 9.48 Å². The summed E-state index contributed by atoms with van der Waals surface area (Å²) in [4.78, 5) is 11.7. The van der Waals surface area contributed by atoms with Crippen LogP contribution in [0, 0.1) is 0 Å². The van der Waals surface area contributed by atoms with Crippen molar-refractivity contribution in [2.45, 2.75) is 12.6 Å². The molecule has 3 rings (SSSR count). The number of aromatic nitrogens is 4. The zero-order valence-corrected chi connectivity index (χ0v) is 14.0. The molecule has 0 radical (unpaired) electrons. The molecule has 0 saturated carbocycles. The highest BCUT2D eigenvalue weighted by Crippen LogP contribution is 2.32. The van der Waals surface area contributed by atoms with E-state index in [1.807, 2.05) is 36.5 Å². The van der Waals surface area contributed by atoms with Crippen molar-refractivity contribution in [3.63, 3.8) is 0 Å². The Labute approximate surface area is 149 Å². The first-order valence-corrected chi connectivity index (χ1v) is 8.28. The number of carbonyl (C=O) groups excluding carboxylic acids is 1. The zero-order chi connectivity index (χ0) is 18.6. The first-order valence-electron chi connectivity index (χ1n) is 7.46. The van der Waals surface area contributed by atoms with E-state index in [2.05, 4.69) is 25.9 Å². The van der Waals surface area contributed by atoms with Gasteiger partial charge in [0.2, 0.25) is 10.1 Å². The van der Waals surface area contributed by atoms with Crippen LogP contribution in [0.25, 0.3) is 5.69 Å². The number of benzene rings is 1. The second kappa shape index (κ2) is 7.52. The van der Waals surface area contributed by atoms with Gasteiger partial charge in [-0.3, -0.25) is 5.32 Å². The highest BCUT2D eigenvalue weighted by Gasteiger charge is 2.35. The molecular weight excluding hydrogens is 369 g/mol. The molecule has 2 N–H and O–H groups in total. The molecule has 0 aliphatic heterocycles. The van der Waals surface area contributed by atoms with E-state index in [4.69, 9.17) is 0 Å². The fourth-order valence-corrected chi connectivity index (χ4v) is 2.69. The molecule has 0 atom stereocenters. The predicted octanol–water partition coefficient (Wildman–Crippen LogP) is 3.11. The van der Waals surface area contributed by atoms with Crippen molar-refractivity contribution in [3.8, 4) is 5.69 Å². The van der Waals surface area contributed by atoms with Crippen LogP contribution in [0.5, 0.6) is 0 Å². The Morgan fingerprint density at radius 1 is 1.19 bits per heavy atom. The number of anilines is 1. The Kier molecular flexibility index (Phi) is 5.16. The molecule has 7 nitrogen and oxygen atoms in total. The van der Waals surface area contributed by atoms with Crippen LogP contribution >= 0.6 is 11.3 Å². The fourth-order valence-electron chi connectivity index (χ4n) is 2.09. The number of alkyl halides is 3. The molecule has 0 spiro atoms. The van der Waals surface area contributed by atoms with E-state index in [0.29, 0.717) is 13.0 Å². The smallest absolute Gasteiger partial charge is 0.337 e. The van der Waals surface area contributed by atoms with Crippen LogP contribution in [0.15, 0.2) is 42.7 Å². The van der Waals surface area contributed by atoms with Gasteiger partial charge >= 0.3 is 12.2 Å². The number of halogens is 3. The molecule has 0 aliphatic carbocycles. The van der Waals surface area contributed by atoms with Gasteiger partial charge in [0, 0.05) is 18.9 Å². The van der Waals surface area contributed by atoms with E-state index >= 15 is 0 Å². The molecule has 0 saturated heterocycles. The van der Waals surface area contributed by atoms with Gasteiger partial charge in [0.1, 0.15) is 0 Å². The van der Waals surface area contributed by atoms with Crippen molar-refractivity contribution in [3.05, 3.63) is 53.3 Å². The van der Waals surface area contributed by atoms with Gasteiger partial charge in [0.05, 0.1) is 5.69 Å². The summed E-state index contributed by atoms with van der Waals surface area (Å²) in [6.07, 6.45) is -0.488. The van der Waals surface area contributed by atoms with Gasteiger partial charge in [-0.15, -0.1) is 10.2 Å². The third-order valence-corrected chi connectivity index (χ3v) is 4.18. The summed E-state index contributed by atoms with van der Waals surface area (Å²) in [6.45, 7) is 0.317. The second-order valence-electron chi connectivity index (χ2n) is 5.16. The lowest BCUT2D eigenvalue weighted by Gasteiger charge is -2.06. The van der Waals surface area contributed by atoms with Gasteiger partial charge in [-0.05, 0) is 30.2 Å². The van der Waals surface area contributed by atoms with Crippen LogP contribution < -0.4 is 10.6 Å². The topological polar surface area (TPSA) is 84.7 Å². The molecule has 0 fully saturated rings. The minimum absolute atomic E-state index is 0.210. The van der Waals surface area contributed by atoms with E-state index in [-0.39, 0.29) is 16.5 Å². The maximum absolute atomic E-state index is 12.4. The van der Waals surface area contributed by atoms with Crippen LogP contribution in [0.2, 0.25) is 0 Å². The average molecular weight is 382 g/mol. The maximum Gasteiger partial charge on any atom is 0.445 e. The summed E-state index contributed by atoms with van der Waals surface area (Å²) in [6, 6.07) is 8.83. The van der Waals surface area contributed by atoms with Crippen LogP contribution in [0.3, 0.4) is 0 Å². The van der Waals surface area contributed by atoms with Crippen LogP contribution in [-0.2, 0) is 12.6 Å². The lowest BCUT2D eigenvalue weighted by molar-refractivity contribution is -0.138. The first kappa shape index (κ1) is 17.9. The molecule has 0 aliphatic rings. The lowest BCUT2D eigenvalue weighted by atomic mass is 10.1. The van der Waals surface area contributed by atoms with E-state index < -0.39 is 17.2 Å². The summed E-state index contributed by atoms with van der Waals surface area (Å²) in [7, 11) is 0. The molecule has 2 heterocycles. The minimum Gasteiger partial charge on any atom is -0.337 e. The number of nitrogens with zero attached hydrogens (tertiary/aromatic N) is 4. The predicted molar refractivity (Wildman–Crippen MR) is 89.2 cm³/mol. The molecule has 26 heavy (non-hydrogen) atoms. The number of hydrogen-bond acceptors (Lipinski definition) is 5. The SMILES string of the molecule is O=C(NCCc1ccc(-n2cccn2)cc1)Nc1nnc(C(F)(F)F)s1. The Morgan fingerprint density at radius 2 is 1.96 bits per heavy atom. The Balaban J connectivity index is 1.46. The van der Waals surface area contributed by atoms with Gasteiger partial charge in [0.15, 0.2) is 0 Å². The van der Waals surface area contributed by atoms with Crippen molar-refractivity contribution in [2.24, 2.45) is 0 Å². The van der Waals surface area contributed by atoms with Crippen LogP contribution in [0.4, 0.5) is 23.1 Å². The van der Waals surface area contributed by atoms with Gasteiger partial charge in [-0.1, -0.05) is 23.5 Å². The Bertz CT molecular complexity index is 860. The van der Waals surface area contributed by atoms with Crippen LogP contribution in [-0.4, -0.2) is 32.6 Å². The standard InChI is InChI=1S/C15H13F3N6OS/c16-15(17,18)12-22-23-14(26-12)21-13(25)19-8-6-10-2-4-11(5-3-10)24-9-1-7-20-24/h1-5,7,9H,6,8H2,(H2,19,21,23,25). The molecule has 0 unspecified atom stereocenters. The third-order valence-electron chi connectivity index (χ3n) is 3.29. The number of hydrogen-bond donors (Lipinski definition) is 2. The number of rotatable bonds is 5. The number of nitrogens with one attached hydrogen (secondary N) is 2. The highest BCUT2D eigenvalue weighted by molar-refractivity contribution is 7.15. The third kappa shape index (κ3) is 4.57. The molecule has 3 aromatic rings. The highest BCUT2D eigenvalue weighted by atomic mass is 32.1.